The summed E-state index contributed by atoms with van der Waals surface area (Å²) in [6, 6.07) is 15.2. The van der Waals surface area contributed by atoms with Gasteiger partial charge in [-0.2, -0.15) is 0 Å². The maximum atomic E-state index is 12.7. The molecule has 0 aliphatic carbocycles. The van der Waals surface area contributed by atoms with Crippen molar-refractivity contribution in [1.29, 1.82) is 0 Å². The molecular weight excluding hydrogens is 412 g/mol. The van der Waals surface area contributed by atoms with Crippen LogP contribution < -0.4 is 10.6 Å². The lowest BCUT2D eigenvalue weighted by Gasteiger charge is -2.10. The van der Waals surface area contributed by atoms with Crippen LogP contribution in [0.25, 0.3) is 11.3 Å². The number of thiazole rings is 1. The number of rotatable bonds is 6. The smallest absolute Gasteiger partial charge is 0.335 e. The van der Waals surface area contributed by atoms with E-state index in [4.69, 9.17) is 5.11 Å². The van der Waals surface area contributed by atoms with E-state index in [9.17, 15) is 9.59 Å². The number of amides is 1. The number of carbonyl (C=O) groups excluding carboxylic acids is 1. The summed E-state index contributed by atoms with van der Waals surface area (Å²) < 4.78 is 0. The summed E-state index contributed by atoms with van der Waals surface area (Å²) in [5.74, 6) is -1.30. The molecule has 0 unspecified atom stereocenters. The molecule has 2 heterocycles. The highest BCUT2D eigenvalue weighted by Crippen LogP contribution is 2.28. The highest BCUT2D eigenvalue weighted by molar-refractivity contribution is 7.14. The van der Waals surface area contributed by atoms with Gasteiger partial charge in [-0.15, -0.1) is 11.3 Å². The number of nitrogens with zero attached hydrogens (tertiary/aromatic N) is 2. The first kappa shape index (κ1) is 20.2. The van der Waals surface area contributed by atoms with Gasteiger partial charge in [0, 0.05) is 40.3 Å². The van der Waals surface area contributed by atoms with E-state index in [1.165, 1.54) is 23.5 Å². The van der Waals surface area contributed by atoms with Crippen LogP contribution in [0.3, 0.4) is 0 Å². The van der Waals surface area contributed by atoms with Crippen molar-refractivity contribution in [2.24, 2.45) is 0 Å². The topological polar surface area (TPSA) is 104 Å². The number of aromatic carboxylic acids is 1. The van der Waals surface area contributed by atoms with E-state index in [0.717, 1.165) is 27.6 Å². The number of nitrogens with one attached hydrogen (secondary N) is 2. The van der Waals surface area contributed by atoms with Crippen molar-refractivity contribution in [3.05, 3.63) is 89.1 Å². The van der Waals surface area contributed by atoms with Gasteiger partial charge in [0.15, 0.2) is 5.13 Å². The maximum absolute atomic E-state index is 12.7. The Balaban J connectivity index is 1.50. The van der Waals surface area contributed by atoms with Gasteiger partial charge in [0.25, 0.3) is 5.91 Å². The molecular formula is C23H18N4O3S. The molecule has 0 aliphatic heterocycles. The lowest BCUT2D eigenvalue weighted by molar-refractivity contribution is 0.0696. The summed E-state index contributed by atoms with van der Waals surface area (Å²) in [4.78, 5) is 32.3. The fraction of sp³-hybridized carbons (Fsp3) is 0.0435. The second-order valence-electron chi connectivity index (χ2n) is 6.77. The molecule has 2 aromatic heterocycles. The van der Waals surface area contributed by atoms with Crippen molar-refractivity contribution < 1.29 is 14.7 Å². The Morgan fingerprint density at radius 3 is 2.39 bits per heavy atom. The minimum absolute atomic E-state index is 0.161. The fourth-order valence-corrected chi connectivity index (χ4v) is 3.63. The van der Waals surface area contributed by atoms with Crippen LogP contribution in [0.1, 0.15) is 26.3 Å². The largest absolute Gasteiger partial charge is 0.478 e. The van der Waals surface area contributed by atoms with Gasteiger partial charge in [0.05, 0.1) is 11.3 Å². The van der Waals surface area contributed by atoms with E-state index in [1.807, 2.05) is 30.5 Å². The molecule has 0 saturated heterocycles. The van der Waals surface area contributed by atoms with E-state index < -0.39 is 5.97 Å². The van der Waals surface area contributed by atoms with E-state index in [2.05, 4.69) is 20.6 Å². The average Bonchev–Trinajstić information content (AvgIpc) is 3.25. The normalized spacial score (nSPS) is 10.5. The molecule has 0 radical (unpaired) electrons. The van der Waals surface area contributed by atoms with Gasteiger partial charge in [-0.3, -0.25) is 9.78 Å². The second kappa shape index (κ2) is 8.76. The van der Waals surface area contributed by atoms with Crippen LogP contribution in [0.15, 0.2) is 72.4 Å². The SMILES string of the molecule is Cc1ccc(C(=O)Nc2ccc(C(=O)O)cc2)cc1Nc1nc(-c2ccncc2)cs1. The maximum Gasteiger partial charge on any atom is 0.335 e. The van der Waals surface area contributed by atoms with Crippen LogP contribution in [-0.4, -0.2) is 27.0 Å². The Morgan fingerprint density at radius 2 is 1.68 bits per heavy atom. The number of aromatic nitrogens is 2. The molecule has 0 atom stereocenters. The van der Waals surface area contributed by atoms with Crippen LogP contribution >= 0.6 is 11.3 Å². The molecule has 2 aromatic carbocycles. The Bertz CT molecular complexity index is 1240. The van der Waals surface area contributed by atoms with E-state index in [-0.39, 0.29) is 11.5 Å². The molecule has 7 nitrogen and oxygen atoms in total. The number of pyridine rings is 1. The van der Waals surface area contributed by atoms with Crippen LogP contribution in [0.2, 0.25) is 0 Å². The van der Waals surface area contributed by atoms with Crippen LogP contribution in [0, 0.1) is 6.92 Å². The highest BCUT2D eigenvalue weighted by atomic mass is 32.1. The fourth-order valence-electron chi connectivity index (χ4n) is 2.90. The number of carboxylic acids is 1. The minimum Gasteiger partial charge on any atom is -0.478 e. The summed E-state index contributed by atoms with van der Waals surface area (Å²) in [5.41, 5.74) is 4.75. The van der Waals surface area contributed by atoms with Crippen molar-refractivity contribution >= 4 is 39.7 Å². The van der Waals surface area contributed by atoms with Crippen molar-refractivity contribution in [2.45, 2.75) is 6.92 Å². The zero-order valence-corrected chi connectivity index (χ0v) is 17.3. The molecule has 0 aliphatic rings. The highest BCUT2D eigenvalue weighted by Gasteiger charge is 2.11. The summed E-state index contributed by atoms with van der Waals surface area (Å²) in [5, 5.41) is 17.7. The van der Waals surface area contributed by atoms with Crippen LogP contribution in [0.5, 0.6) is 0 Å². The summed E-state index contributed by atoms with van der Waals surface area (Å²) in [7, 11) is 0. The van der Waals surface area contributed by atoms with E-state index >= 15 is 0 Å². The minimum atomic E-state index is -1.01. The molecule has 154 valence electrons. The zero-order chi connectivity index (χ0) is 21.8. The van der Waals surface area contributed by atoms with Gasteiger partial charge in [0.1, 0.15) is 0 Å². The zero-order valence-electron chi connectivity index (χ0n) is 16.5. The molecule has 0 bridgehead atoms. The molecule has 4 rings (SSSR count). The number of aryl methyl sites for hydroxylation is 1. The van der Waals surface area contributed by atoms with E-state index in [1.54, 1.807) is 36.7 Å². The van der Waals surface area contributed by atoms with Gasteiger partial charge < -0.3 is 15.7 Å². The molecule has 0 fully saturated rings. The van der Waals surface area contributed by atoms with Gasteiger partial charge in [0.2, 0.25) is 0 Å². The van der Waals surface area contributed by atoms with Gasteiger partial charge in [-0.25, -0.2) is 9.78 Å². The predicted molar refractivity (Wildman–Crippen MR) is 121 cm³/mol. The molecule has 1 amide bonds. The van der Waals surface area contributed by atoms with Crippen molar-refractivity contribution in [2.75, 3.05) is 10.6 Å². The number of hydrogen-bond donors (Lipinski definition) is 3. The standard InChI is InChI=1S/C23H18N4O3S/c1-14-2-3-17(21(28)25-18-6-4-16(5-7-18)22(29)30)12-19(14)26-23-27-20(13-31-23)15-8-10-24-11-9-15/h2-13H,1H3,(H,25,28)(H,26,27)(H,29,30). The molecule has 31 heavy (non-hydrogen) atoms. The molecule has 3 N–H and O–H groups in total. The van der Waals surface area contributed by atoms with Crippen molar-refractivity contribution in [1.82, 2.24) is 9.97 Å². The second-order valence-corrected chi connectivity index (χ2v) is 7.62. The molecule has 0 spiro atoms. The Kier molecular flexibility index (Phi) is 5.72. The van der Waals surface area contributed by atoms with Gasteiger partial charge in [-0.05, 0) is 61.0 Å². The van der Waals surface area contributed by atoms with Gasteiger partial charge >= 0.3 is 5.97 Å². The molecule has 4 aromatic rings. The Labute approximate surface area is 182 Å². The third kappa shape index (κ3) is 4.76. The molecule has 8 heteroatoms. The van der Waals surface area contributed by atoms with Crippen molar-refractivity contribution in [3.63, 3.8) is 0 Å². The third-order valence-corrected chi connectivity index (χ3v) is 5.37. The summed E-state index contributed by atoms with van der Waals surface area (Å²) in [6.07, 6.45) is 3.45. The third-order valence-electron chi connectivity index (χ3n) is 4.61. The average molecular weight is 430 g/mol. The number of carbonyl (C=O) groups is 2. The Morgan fingerprint density at radius 1 is 0.968 bits per heavy atom. The predicted octanol–water partition coefficient (Wildman–Crippen LogP) is 5.21. The number of carboxylic acid groups (broad SMARTS) is 1. The number of benzene rings is 2. The lowest BCUT2D eigenvalue weighted by Crippen LogP contribution is -2.12. The summed E-state index contributed by atoms with van der Waals surface area (Å²) >= 11 is 1.48. The van der Waals surface area contributed by atoms with E-state index in [0.29, 0.717) is 11.3 Å². The van der Waals surface area contributed by atoms with Crippen molar-refractivity contribution in [3.8, 4) is 11.3 Å². The first-order valence-electron chi connectivity index (χ1n) is 9.38. The Hall–Kier alpha value is -4.04. The monoisotopic (exact) mass is 430 g/mol. The van der Waals surface area contributed by atoms with Crippen LogP contribution in [0.4, 0.5) is 16.5 Å². The van der Waals surface area contributed by atoms with Gasteiger partial charge in [-0.1, -0.05) is 6.07 Å². The number of anilines is 3. The first-order valence-corrected chi connectivity index (χ1v) is 10.3. The molecule has 0 saturated carbocycles. The number of hydrogen-bond acceptors (Lipinski definition) is 6. The summed E-state index contributed by atoms with van der Waals surface area (Å²) in [6.45, 7) is 1.95. The lowest BCUT2D eigenvalue weighted by atomic mass is 10.1. The quantitative estimate of drug-likeness (QED) is 0.388. The first-order chi connectivity index (χ1) is 15.0. The van der Waals surface area contributed by atoms with Crippen LogP contribution in [-0.2, 0) is 0 Å².